The second kappa shape index (κ2) is 6.72. The summed E-state index contributed by atoms with van der Waals surface area (Å²) in [5.41, 5.74) is 11.2. The van der Waals surface area contributed by atoms with Crippen LogP contribution in [0.5, 0.6) is 0 Å². The Morgan fingerprint density at radius 1 is 0.962 bits per heavy atom. The fraction of sp³-hybridized carbons (Fsp3) is 0.0476. The van der Waals surface area contributed by atoms with Crippen LogP contribution in [-0.2, 0) is 6.42 Å². The Hall–Kier alpha value is -3.60. The van der Waals surface area contributed by atoms with Gasteiger partial charge in [0.25, 0.3) is 0 Å². The molecule has 2 heterocycles. The van der Waals surface area contributed by atoms with E-state index < -0.39 is 0 Å². The van der Waals surface area contributed by atoms with Gasteiger partial charge in [-0.3, -0.25) is 4.40 Å². The standard InChI is InChI=1S/C21H18N4O/c22-21-20(16-9-5-2-6-10-16)25-14-17(11-12-19(25)23-21)18(24-26)13-15-7-3-1-4-8-15/h1-12,14,26H,13,22H2/b24-18+. The molecule has 0 atom stereocenters. The van der Waals surface area contributed by atoms with Crippen molar-refractivity contribution in [3.8, 4) is 11.3 Å². The lowest BCUT2D eigenvalue weighted by atomic mass is 10.0. The Kier molecular flexibility index (Phi) is 4.11. The van der Waals surface area contributed by atoms with Crippen LogP contribution in [0.15, 0.2) is 84.1 Å². The number of benzene rings is 2. The molecule has 0 aliphatic carbocycles. The third-order valence-corrected chi connectivity index (χ3v) is 4.36. The number of fused-ring (bicyclic) bond motifs is 1. The van der Waals surface area contributed by atoms with E-state index in [0.717, 1.165) is 28.0 Å². The average molecular weight is 342 g/mol. The molecule has 0 saturated carbocycles. The number of oxime groups is 1. The van der Waals surface area contributed by atoms with Crippen LogP contribution in [0.25, 0.3) is 16.9 Å². The highest BCUT2D eigenvalue weighted by Crippen LogP contribution is 2.27. The summed E-state index contributed by atoms with van der Waals surface area (Å²) in [7, 11) is 0. The lowest BCUT2D eigenvalue weighted by Gasteiger charge is -2.08. The molecule has 0 bridgehead atoms. The van der Waals surface area contributed by atoms with Gasteiger partial charge < -0.3 is 10.9 Å². The molecule has 5 nitrogen and oxygen atoms in total. The quantitative estimate of drug-likeness (QED) is 0.334. The van der Waals surface area contributed by atoms with Gasteiger partial charge in [0.05, 0.1) is 11.4 Å². The minimum absolute atomic E-state index is 0.471. The molecule has 0 spiro atoms. The van der Waals surface area contributed by atoms with Crippen LogP contribution in [0.2, 0.25) is 0 Å². The summed E-state index contributed by atoms with van der Waals surface area (Å²) in [4.78, 5) is 4.44. The van der Waals surface area contributed by atoms with Gasteiger partial charge in [-0.25, -0.2) is 4.98 Å². The predicted molar refractivity (Wildman–Crippen MR) is 104 cm³/mol. The second-order valence-electron chi connectivity index (χ2n) is 6.07. The molecule has 2 aromatic heterocycles. The smallest absolute Gasteiger partial charge is 0.150 e. The van der Waals surface area contributed by atoms with Crippen molar-refractivity contribution in [1.82, 2.24) is 9.38 Å². The van der Waals surface area contributed by atoms with Crippen molar-refractivity contribution in [2.75, 3.05) is 5.73 Å². The van der Waals surface area contributed by atoms with Crippen molar-refractivity contribution in [3.05, 3.63) is 90.1 Å². The zero-order valence-corrected chi connectivity index (χ0v) is 14.1. The van der Waals surface area contributed by atoms with Gasteiger partial charge in [0.15, 0.2) is 5.82 Å². The van der Waals surface area contributed by atoms with Crippen LogP contribution in [0.3, 0.4) is 0 Å². The van der Waals surface area contributed by atoms with E-state index in [4.69, 9.17) is 5.73 Å². The summed E-state index contributed by atoms with van der Waals surface area (Å²) in [6.45, 7) is 0. The summed E-state index contributed by atoms with van der Waals surface area (Å²) in [5.74, 6) is 0.471. The zero-order valence-electron chi connectivity index (χ0n) is 14.1. The zero-order chi connectivity index (χ0) is 17.9. The van der Waals surface area contributed by atoms with Gasteiger partial charge in [-0.2, -0.15) is 0 Å². The van der Waals surface area contributed by atoms with Gasteiger partial charge >= 0.3 is 0 Å². The largest absolute Gasteiger partial charge is 0.411 e. The summed E-state index contributed by atoms with van der Waals surface area (Å²) < 4.78 is 1.94. The number of rotatable bonds is 4. The van der Waals surface area contributed by atoms with Gasteiger partial charge in [0.2, 0.25) is 0 Å². The molecule has 4 aromatic rings. The molecule has 0 radical (unpaired) electrons. The fourth-order valence-corrected chi connectivity index (χ4v) is 3.10. The summed E-state index contributed by atoms with van der Waals surface area (Å²) in [6, 6.07) is 23.6. The first-order valence-electron chi connectivity index (χ1n) is 8.34. The van der Waals surface area contributed by atoms with E-state index in [9.17, 15) is 5.21 Å². The van der Waals surface area contributed by atoms with Crippen molar-refractivity contribution in [2.45, 2.75) is 6.42 Å². The molecule has 2 aromatic carbocycles. The molecule has 0 aliphatic rings. The third-order valence-electron chi connectivity index (χ3n) is 4.36. The van der Waals surface area contributed by atoms with Crippen molar-refractivity contribution in [2.24, 2.45) is 5.16 Å². The van der Waals surface area contributed by atoms with Crippen LogP contribution in [0.1, 0.15) is 11.1 Å². The first-order chi connectivity index (χ1) is 12.8. The number of imidazole rings is 1. The number of nitrogens with two attached hydrogens (primary N) is 1. The predicted octanol–water partition coefficient (Wildman–Crippen LogP) is 4.00. The number of anilines is 1. The van der Waals surface area contributed by atoms with E-state index in [0.29, 0.717) is 18.0 Å². The molecule has 5 heteroatoms. The van der Waals surface area contributed by atoms with E-state index in [1.807, 2.05) is 83.4 Å². The highest BCUT2D eigenvalue weighted by Gasteiger charge is 2.14. The Labute approximate surface area is 151 Å². The summed E-state index contributed by atoms with van der Waals surface area (Å²) in [6.07, 6.45) is 2.45. The van der Waals surface area contributed by atoms with Gasteiger partial charge in [0, 0.05) is 23.7 Å². The third kappa shape index (κ3) is 2.91. The number of nitrogens with zero attached hydrogens (tertiary/aromatic N) is 3. The van der Waals surface area contributed by atoms with E-state index in [2.05, 4.69) is 10.1 Å². The molecule has 0 aliphatic heterocycles. The van der Waals surface area contributed by atoms with E-state index in [1.165, 1.54) is 0 Å². The summed E-state index contributed by atoms with van der Waals surface area (Å²) >= 11 is 0. The molecular formula is C21H18N4O. The van der Waals surface area contributed by atoms with Crippen molar-refractivity contribution in [3.63, 3.8) is 0 Å². The minimum atomic E-state index is 0.471. The molecule has 0 unspecified atom stereocenters. The highest BCUT2D eigenvalue weighted by atomic mass is 16.4. The van der Waals surface area contributed by atoms with Crippen LogP contribution >= 0.6 is 0 Å². The lowest BCUT2D eigenvalue weighted by Crippen LogP contribution is -2.07. The fourth-order valence-electron chi connectivity index (χ4n) is 3.10. The maximum absolute atomic E-state index is 9.54. The van der Waals surface area contributed by atoms with Gasteiger partial charge in [-0.05, 0) is 17.7 Å². The molecule has 0 saturated heterocycles. The van der Waals surface area contributed by atoms with Gasteiger partial charge in [-0.1, -0.05) is 65.8 Å². The molecule has 4 rings (SSSR count). The molecule has 26 heavy (non-hydrogen) atoms. The molecule has 128 valence electrons. The normalized spacial score (nSPS) is 11.8. The first-order valence-corrected chi connectivity index (χ1v) is 8.34. The maximum Gasteiger partial charge on any atom is 0.150 e. The highest BCUT2D eigenvalue weighted by molar-refractivity contribution is 6.01. The Morgan fingerprint density at radius 3 is 2.35 bits per heavy atom. The number of hydrogen-bond acceptors (Lipinski definition) is 4. The Balaban J connectivity index is 1.80. The van der Waals surface area contributed by atoms with Crippen LogP contribution in [0, 0.1) is 0 Å². The molecular weight excluding hydrogens is 324 g/mol. The van der Waals surface area contributed by atoms with Crippen LogP contribution in [0.4, 0.5) is 5.82 Å². The number of nitrogen functional groups attached to an aromatic ring is 1. The van der Waals surface area contributed by atoms with Crippen molar-refractivity contribution >= 4 is 17.2 Å². The molecule has 0 amide bonds. The molecule has 3 N–H and O–H groups in total. The van der Waals surface area contributed by atoms with E-state index in [1.54, 1.807) is 0 Å². The van der Waals surface area contributed by atoms with Gasteiger partial charge in [0.1, 0.15) is 5.65 Å². The van der Waals surface area contributed by atoms with Crippen molar-refractivity contribution in [1.29, 1.82) is 0 Å². The first kappa shape index (κ1) is 15.9. The minimum Gasteiger partial charge on any atom is -0.411 e. The summed E-state index contributed by atoms with van der Waals surface area (Å²) in [5, 5.41) is 13.1. The number of hydrogen-bond donors (Lipinski definition) is 2. The van der Waals surface area contributed by atoms with E-state index in [-0.39, 0.29) is 0 Å². The number of pyridine rings is 1. The Bertz CT molecular complexity index is 1070. The van der Waals surface area contributed by atoms with E-state index >= 15 is 0 Å². The number of aromatic nitrogens is 2. The van der Waals surface area contributed by atoms with Crippen LogP contribution < -0.4 is 5.73 Å². The van der Waals surface area contributed by atoms with Crippen LogP contribution in [-0.4, -0.2) is 20.3 Å². The lowest BCUT2D eigenvalue weighted by molar-refractivity contribution is 0.318. The second-order valence-corrected chi connectivity index (χ2v) is 6.07. The molecule has 0 fully saturated rings. The van der Waals surface area contributed by atoms with Gasteiger partial charge in [-0.15, -0.1) is 0 Å². The monoisotopic (exact) mass is 342 g/mol. The Morgan fingerprint density at radius 2 is 1.65 bits per heavy atom. The average Bonchev–Trinajstić information content (AvgIpc) is 3.02. The SMILES string of the molecule is Nc1nc2ccc(/C(Cc3ccccc3)=N/O)cn2c1-c1ccccc1. The maximum atomic E-state index is 9.54. The van der Waals surface area contributed by atoms with Crippen molar-refractivity contribution < 1.29 is 5.21 Å². The topological polar surface area (TPSA) is 75.9 Å².